The molecule has 0 unspecified atom stereocenters. The minimum atomic E-state index is -1.18. The summed E-state index contributed by atoms with van der Waals surface area (Å²) < 4.78 is 12.1. The number of benzene rings is 1. The Hall–Kier alpha value is -1.33. The van der Waals surface area contributed by atoms with Crippen LogP contribution in [0.4, 0.5) is 9.18 Å². The highest BCUT2D eigenvalue weighted by molar-refractivity contribution is 6.31. The molecule has 1 aromatic carbocycles. The zero-order valence-electron chi connectivity index (χ0n) is 9.07. The van der Waals surface area contributed by atoms with Crippen molar-refractivity contribution in [3.8, 4) is 0 Å². The second-order valence-electron chi connectivity index (χ2n) is 3.48. The molecule has 0 spiro atoms. The van der Waals surface area contributed by atoms with E-state index in [9.17, 15) is 9.18 Å². The summed E-state index contributed by atoms with van der Waals surface area (Å²) in [7, 11) is 0. The summed E-state index contributed by atoms with van der Waals surface area (Å²) in [6.45, 7) is -1.05. The topological polar surface area (TPSA) is 60.8 Å². The third-order valence-corrected chi connectivity index (χ3v) is 2.65. The van der Waals surface area contributed by atoms with E-state index in [0.29, 0.717) is 16.1 Å². The Bertz CT molecular complexity index is 400. The lowest BCUT2D eigenvalue weighted by atomic mass is 10.1. The normalized spacial score (nSPS) is 10.3. The molecule has 1 rings (SSSR count). The zero-order valence-corrected chi connectivity index (χ0v) is 9.82. The van der Waals surface area contributed by atoms with Gasteiger partial charge in [0.25, 0.3) is 0 Å². The summed E-state index contributed by atoms with van der Waals surface area (Å²) in [6.07, 6.45) is -1.18. The van der Waals surface area contributed by atoms with Crippen molar-refractivity contribution in [1.82, 2.24) is 4.90 Å². The van der Waals surface area contributed by atoms with Crippen molar-refractivity contribution in [2.45, 2.75) is 13.2 Å². The SMILES string of the molecule is O=C(O)N(CCF)Cc1ccc(Cl)c(CO)c1. The van der Waals surface area contributed by atoms with Crippen LogP contribution in [0.3, 0.4) is 0 Å². The first kappa shape index (κ1) is 13.7. The minimum Gasteiger partial charge on any atom is -0.465 e. The molecule has 17 heavy (non-hydrogen) atoms. The van der Waals surface area contributed by atoms with Gasteiger partial charge in [-0.25, -0.2) is 9.18 Å². The smallest absolute Gasteiger partial charge is 0.407 e. The highest BCUT2D eigenvalue weighted by atomic mass is 35.5. The molecule has 0 aromatic heterocycles. The number of alkyl halides is 1. The van der Waals surface area contributed by atoms with E-state index in [2.05, 4.69) is 0 Å². The van der Waals surface area contributed by atoms with Crippen LogP contribution >= 0.6 is 11.6 Å². The second-order valence-corrected chi connectivity index (χ2v) is 3.88. The van der Waals surface area contributed by atoms with Crippen LogP contribution < -0.4 is 0 Å². The van der Waals surface area contributed by atoms with E-state index in [0.717, 1.165) is 4.90 Å². The molecule has 1 aromatic rings. The third kappa shape index (κ3) is 3.87. The average molecular weight is 262 g/mol. The predicted molar refractivity (Wildman–Crippen MR) is 61.8 cm³/mol. The quantitative estimate of drug-likeness (QED) is 0.855. The van der Waals surface area contributed by atoms with E-state index in [1.54, 1.807) is 18.2 Å². The number of nitrogens with zero attached hydrogens (tertiary/aromatic N) is 1. The first-order valence-corrected chi connectivity index (χ1v) is 5.38. The molecular weight excluding hydrogens is 249 g/mol. The Labute approximate surface area is 103 Å². The minimum absolute atomic E-state index is 0.0728. The molecule has 0 saturated carbocycles. The van der Waals surface area contributed by atoms with Crippen LogP contribution in [-0.2, 0) is 13.2 Å². The maximum Gasteiger partial charge on any atom is 0.407 e. The zero-order chi connectivity index (χ0) is 12.8. The van der Waals surface area contributed by atoms with E-state index in [1.807, 2.05) is 0 Å². The number of aliphatic hydroxyl groups excluding tert-OH is 1. The number of carboxylic acid groups (broad SMARTS) is 1. The molecule has 0 atom stereocenters. The van der Waals surface area contributed by atoms with Crippen molar-refractivity contribution in [3.05, 3.63) is 34.3 Å². The highest BCUT2D eigenvalue weighted by Crippen LogP contribution is 2.18. The van der Waals surface area contributed by atoms with Crippen LogP contribution in [0.2, 0.25) is 5.02 Å². The summed E-state index contributed by atoms with van der Waals surface area (Å²) in [6, 6.07) is 4.84. The number of carbonyl (C=O) groups is 1. The lowest BCUT2D eigenvalue weighted by molar-refractivity contribution is 0.138. The Morgan fingerprint density at radius 1 is 1.47 bits per heavy atom. The van der Waals surface area contributed by atoms with E-state index in [1.165, 1.54) is 0 Å². The molecule has 1 amide bonds. The van der Waals surface area contributed by atoms with Crippen molar-refractivity contribution >= 4 is 17.7 Å². The lowest BCUT2D eigenvalue weighted by Gasteiger charge is -2.18. The van der Waals surface area contributed by atoms with E-state index >= 15 is 0 Å². The molecular formula is C11H13ClFNO3. The Kier molecular flexibility index (Phi) is 5.18. The molecule has 4 nitrogen and oxygen atoms in total. The van der Waals surface area contributed by atoms with Crippen LogP contribution in [0.1, 0.15) is 11.1 Å². The summed E-state index contributed by atoms with van der Waals surface area (Å²) in [5, 5.41) is 18.3. The summed E-state index contributed by atoms with van der Waals surface area (Å²) >= 11 is 5.81. The highest BCUT2D eigenvalue weighted by Gasteiger charge is 2.12. The molecule has 6 heteroatoms. The van der Waals surface area contributed by atoms with Gasteiger partial charge in [0.2, 0.25) is 0 Å². The molecule has 0 bridgehead atoms. The molecule has 2 N–H and O–H groups in total. The standard InChI is InChI=1S/C11H13ClFNO3/c12-10-2-1-8(5-9(10)7-15)6-14(4-3-13)11(16)17/h1-2,5,15H,3-4,6-7H2,(H,16,17). The molecule has 0 aliphatic carbocycles. The fourth-order valence-electron chi connectivity index (χ4n) is 1.41. The van der Waals surface area contributed by atoms with Crippen LogP contribution in [0.15, 0.2) is 18.2 Å². The maximum atomic E-state index is 12.1. The first-order chi connectivity index (χ1) is 8.08. The molecule has 0 heterocycles. The van der Waals surface area contributed by atoms with Crippen LogP contribution in [-0.4, -0.2) is 34.4 Å². The van der Waals surface area contributed by atoms with Crippen LogP contribution in [0.25, 0.3) is 0 Å². The van der Waals surface area contributed by atoms with Gasteiger partial charge < -0.3 is 15.1 Å². The number of aliphatic hydroxyl groups is 1. The van der Waals surface area contributed by atoms with Gasteiger partial charge >= 0.3 is 6.09 Å². The average Bonchev–Trinajstić information content (AvgIpc) is 2.30. The van der Waals surface area contributed by atoms with Crippen molar-refractivity contribution in [1.29, 1.82) is 0 Å². The van der Waals surface area contributed by atoms with Crippen molar-refractivity contribution in [2.75, 3.05) is 13.2 Å². The van der Waals surface area contributed by atoms with E-state index < -0.39 is 12.8 Å². The van der Waals surface area contributed by atoms with Crippen LogP contribution in [0.5, 0.6) is 0 Å². The fourth-order valence-corrected chi connectivity index (χ4v) is 1.59. The van der Waals surface area contributed by atoms with Gasteiger partial charge in [-0.05, 0) is 17.2 Å². The first-order valence-electron chi connectivity index (χ1n) is 5.00. The van der Waals surface area contributed by atoms with Crippen molar-refractivity contribution < 1.29 is 19.4 Å². The lowest BCUT2D eigenvalue weighted by Crippen LogP contribution is -2.30. The Morgan fingerprint density at radius 3 is 2.71 bits per heavy atom. The predicted octanol–water partition coefficient (Wildman–Crippen LogP) is 2.28. The Balaban J connectivity index is 2.82. The summed E-state index contributed by atoms with van der Waals surface area (Å²) in [4.78, 5) is 11.8. The number of amides is 1. The van der Waals surface area contributed by atoms with Gasteiger partial charge in [0.05, 0.1) is 13.2 Å². The maximum absolute atomic E-state index is 12.1. The van der Waals surface area contributed by atoms with Gasteiger partial charge in [0, 0.05) is 11.6 Å². The van der Waals surface area contributed by atoms with Gasteiger partial charge in [-0.15, -0.1) is 0 Å². The van der Waals surface area contributed by atoms with Gasteiger partial charge in [0.15, 0.2) is 0 Å². The Morgan fingerprint density at radius 2 is 2.18 bits per heavy atom. The van der Waals surface area contributed by atoms with Gasteiger partial charge in [-0.3, -0.25) is 0 Å². The molecule has 0 fully saturated rings. The van der Waals surface area contributed by atoms with Crippen LogP contribution in [0, 0.1) is 0 Å². The summed E-state index contributed by atoms with van der Waals surface area (Å²) in [5.41, 5.74) is 1.18. The number of halogens is 2. The fraction of sp³-hybridized carbons (Fsp3) is 0.364. The second kappa shape index (κ2) is 6.42. The largest absolute Gasteiger partial charge is 0.465 e. The van der Waals surface area contributed by atoms with Gasteiger partial charge in [-0.1, -0.05) is 23.7 Å². The van der Waals surface area contributed by atoms with Gasteiger partial charge in [0.1, 0.15) is 6.67 Å². The number of hydrogen-bond acceptors (Lipinski definition) is 2. The number of rotatable bonds is 5. The molecule has 0 saturated heterocycles. The van der Waals surface area contributed by atoms with Crippen molar-refractivity contribution in [3.63, 3.8) is 0 Å². The van der Waals surface area contributed by atoms with Crippen molar-refractivity contribution in [2.24, 2.45) is 0 Å². The third-order valence-electron chi connectivity index (χ3n) is 2.28. The molecule has 94 valence electrons. The molecule has 0 aliphatic rings. The van der Waals surface area contributed by atoms with E-state index in [-0.39, 0.29) is 19.7 Å². The monoisotopic (exact) mass is 261 g/mol. The summed E-state index contributed by atoms with van der Waals surface area (Å²) in [5.74, 6) is 0. The molecule has 0 radical (unpaired) electrons. The van der Waals surface area contributed by atoms with E-state index in [4.69, 9.17) is 21.8 Å². The number of hydrogen-bond donors (Lipinski definition) is 2. The van der Waals surface area contributed by atoms with Gasteiger partial charge in [-0.2, -0.15) is 0 Å². The molecule has 0 aliphatic heterocycles.